The highest BCUT2D eigenvalue weighted by Gasteiger charge is 2.53. The summed E-state index contributed by atoms with van der Waals surface area (Å²) in [5.41, 5.74) is 7.01. The molecule has 2 rings (SSSR count). The predicted octanol–water partition coefficient (Wildman–Crippen LogP) is 4.89. The van der Waals surface area contributed by atoms with Crippen LogP contribution in [-0.2, 0) is 25.3 Å². The molecule has 0 aromatic rings. The Labute approximate surface area is 198 Å². The second-order valence-corrected chi connectivity index (χ2v) is 26.5. The molecule has 0 N–H and O–H groups in total. The van der Waals surface area contributed by atoms with Crippen LogP contribution in [0.2, 0.25) is 32.2 Å². The summed E-state index contributed by atoms with van der Waals surface area (Å²) in [6.07, 6.45) is 1.26. The van der Waals surface area contributed by atoms with Crippen molar-refractivity contribution in [3.63, 3.8) is 0 Å². The van der Waals surface area contributed by atoms with Crippen LogP contribution in [0.4, 0.5) is 0 Å². The van der Waals surface area contributed by atoms with Gasteiger partial charge >= 0.3 is 42.0 Å². The van der Waals surface area contributed by atoms with Gasteiger partial charge in [0.15, 0.2) is 0 Å². The van der Waals surface area contributed by atoms with Crippen LogP contribution in [-0.4, -0.2) is 61.9 Å². The highest BCUT2D eigenvalue weighted by Crippen LogP contribution is 2.35. The molecule has 0 radical (unpaired) electrons. The van der Waals surface area contributed by atoms with E-state index in [1.165, 1.54) is 12.2 Å². The summed E-state index contributed by atoms with van der Waals surface area (Å²) < 4.78 is 35.7. The zero-order valence-electron chi connectivity index (χ0n) is 19.5. The first-order chi connectivity index (χ1) is 14.4. The molecule has 2 saturated heterocycles. The van der Waals surface area contributed by atoms with E-state index in [2.05, 4.69) is 26.3 Å². The molecule has 0 aliphatic carbocycles. The predicted molar refractivity (Wildman–Crippen MR) is 139 cm³/mol. The molecule has 0 unspecified atom stereocenters. The fourth-order valence-electron chi connectivity index (χ4n) is 3.02. The normalized spacial score (nSPS) is 36.8. The molecule has 0 amide bonds. The van der Waals surface area contributed by atoms with Crippen molar-refractivity contribution >= 4 is 53.2 Å². The Bertz CT molecular complexity index is 575. The van der Waals surface area contributed by atoms with Crippen molar-refractivity contribution in [3.05, 3.63) is 49.1 Å². The van der Waals surface area contributed by atoms with Gasteiger partial charge in [-0.2, -0.15) is 0 Å². The van der Waals surface area contributed by atoms with Crippen molar-refractivity contribution in [3.8, 4) is 0 Å². The molecular weight excluding hydrogens is 501 g/mol. The van der Waals surface area contributed by atoms with Gasteiger partial charge in [-0.25, -0.2) is 0 Å². The second-order valence-electron chi connectivity index (χ2n) is 7.33. The molecular formula is C17H38N2O6SSi5. The minimum atomic E-state index is -2.60. The summed E-state index contributed by atoms with van der Waals surface area (Å²) in [5.74, 6) is 1.22. The molecule has 0 aromatic heterocycles. The molecule has 8 nitrogen and oxygen atoms in total. The summed E-state index contributed by atoms with van der Waals surface area (Å²) in [6.45, 7) is 23.2. The monoisotopic (exact) mass is 539 g/mol. The van der Waals surface area contributed by atoms with Crippen LogP contribution >= 0.6 is 11.2 Å². The van der Waals surface area contributed by atoms with Crippen molar-refractivity contribution in [1.82, 2.24) is 0 Å². The molecule has 2 heterocycles. The third-order valence-electron chi connectivity index (χ3n) is 4.68. The van der Waals surface area contributed by atoms with Crippen LogP contribution in [0.15, 0.2) is 49.1 Å². The van der Waals surface area contributed by atoms with Gasteiger partial charge in [-0.05, 0) is 38.4 Å². The maximum Gasteiger partial charge on any atom is 0.405 e. The molecule has 31 heavy (non-hydrogen) atoms. The first-order valence-electron chi connectivity index (χ1n) is 9.69. The highest BCUT2D eigenvalue weighted by molar-refractivity contribution is 8.27. The van der Waals surface area contributed by atoms with E-state index in [1.54, 1.807) is 37.0 Å². The highest BCUT2D eigenvalue weighted by atomic mass is 32.4. The van der Waals surface area contributed by atoms with Gasteiger partial charge in [-0.15, -0.1) is 37.5 Å². The minimum absolute atomic E-state index is 0. The zero-order chi connectivity index (χ0) is 24.4. The Balaban J connectivity index is 0. The minimum Gasteiger partial charge on any atom is -0.410 e. The van der Waals surface area contributed by atoms with E-state index in [0.717, 1.165) is 6.04 Å². The van der Waals surface area contributed by atoms with Crippen molar-refractivity contribution in [2.45, 2.75) is 38.7 Å². The van der Waals surface area contributed by atoms with E-state index in [1.807, 2.05) is 37.4 Å². The maximum absolute atomic E-state index is 6.25. The molecule has 0 spiro atoms. The van der Waals surface area contributed by atoms with E-state index < -0.39 is 42.0 Å². The fraction of sp³-hybridized carbons (Fsp3) is 0.529. The molecule has 0 saturated carbocycles. The standard InChI is InChI=1S/C12H24O4Si4.C5H12O2SSi.N2.H2/c1-9-17(5)13-18(6,10-2)15-20(8,12-4)16-19(7,11-3)14-17;1-6-9(7-2)5-3-4-8-9;1-2;/h9-12H,1-4H2,5-8H3;3-5H2,1-2H3;;1H/i;;;1+1. The van der Waals surface area contributed by atoms with E-state index >= 15 is 0 Å². The summed E-state index contributed by atoms with van der Waals surface area (Å²) in [5, 5.41) is 12.0. The Hall–Kier alpha value is -0.426. The Morgan fingerprint density at radius 3 is 1.16 bits per heavy atom. The van der Waals surface area contributed by atoms with E-state index in [0.29, 0.717) is 0 Å². The van der Waals surface area contributed by atoms with E-state index in [4.69, 9.17) is 36.1 Å². The lowest BCUT2D eigenvalue weighted by Gasteiger charge is -2.46. The van der Waals surface area contributed by atoms with Crippen LogP contribution in [0.1, 0.15) is 7.85 Å². The van der Waals surface area contributed by atoms with Crippen LogP contribution < -0.4 is 0 Å². The van der Waals surface area contributed by atoms with Crippen LogP contribution in [0.5, 0.6) is 0 Å². The average molecular weight is 540 g/mol. The lowest BCUT2D eigenvalue weighted by molar-refractivity contribution is 0.250. The molecule has 2 fully saturated rings. The zero-order valence-corrected chi connectivity index (χ0v) is 25.3. The van der Waals surface area contributed by atoms with E-state index in [9.17, 15) is 0 Å². The molecule has 0 aromatic carbocycles. The van der Waals surface area contributed by atoms with Gasteiger partial charge in [-0.3, -0.25) is 0 Å². The molecule has 2 aliphatic heterocycles. The van der Waals surface area contributed by atoms with Crippen molar-refractivity contribution in [2.24, 2.45) is 0 Å². The lowest BCUT2D eigenvalue weighted by atomic mass is 10.6. The summed E-state index contributed by atoms with van der Waals surface area (Å²) in [6, 6.07) is 1.16. The van der Waals surface area contributed by atoms with Crippen LogP contribution in [0.3, 0.4) is 0 Å². The molecule has 178 valence electrons. The average Bonchev–Trinajstić information content (AvgIpc) is 3.24. The smallest absolute Gasteiger partial charge is 0.405 e. The topological polar surface area (TPSA) is 103 Å². The molecule has 14 heteroatoms. The Kier molecular flexibility index (Phi) is 12.5. The first-order valence-corrected chi connectivity index (χ1v) is 23.0. The van der Waals surface area contributed by atoms with Crippen molar-refractivity contribution in [2.75, 3.05) is 20.0 Å². The third-order valence-corrected chi connectivity index (χ3v) is 27.3. The summed E-state index contributed by atoms with van der Waals surface area (Å²) in [7, 11) is -8.54. The van der Waals surface area contributed by atoms with Crippen molar-refractivity contribution in [1.29, 1.82) is 10.8 Å². The van der Waals surface area contributed by atoms with Crippen molar-refractivity contribution < 1.29 is 26.7 Å². The van der Waals surface area contributed by atoms with Gasteiger partial charge in [0, 0.05) is 32.5 Å². The number of nitrogens with zero attached hydrogens (tertiary/aromatic N) is 2. The number of rotatable bonds is 6. The number of hydrogen-bond acceptors (Lipinski definition) is 9. The van der Waals surface area contributed by atoms with Crippen LogP contribution in [0.25, 0.3) is 0 Å². The largest absolute Gasteiger partial charge is 0.410 e. The van der Waals surface area contributed by atoms with Crippen LogP contribution in [0, 0.1) is 10.8 Å². The van der Waals surface area contributed by atoms with Gasteiger partial charge in [0.25, 0.3) is 0 Å². The summed E-state index contributed by atoms with van der Waals surface area (Å²) in [4.78, 5) is 0. The van der Waals surface area contributed by atoms with Gasteiger partial charge < -0.3 is 25.3 Å². The molecule has 0 bridgehead atoms. The Morgan fingerprint density at radius 2 is 1.03 bits per heavy atom. The van der Waals surface area contributed by atoms with Gasteiger partial charge in [0.05, 0.1) is 0 Å². The Morgan fingerprint density at radius 1 is 0.742 bits per heavy atom. The van der Waals surface area contributed by atoms with Gasteiger partial charge in [-0.1, -0.05) is 22.8 Å². The molecule has 0 atom stereocenters. The first kappa shape index (κ1) is 30.6. The summed E-state index contributed by atoms with van der Waals surface area (Å²) >= 11 is 1.88. The number of hydrogen-bond donors (Lipinski definition) is 0. The third kappa shape index (κ3) is 8.79. The lowest BCUT2D eigenvalue weighted by Crippen LogP contribution is -2.65. The fourth-order valence-corrected chi connectivity index (χ4v) is 26.1. The quantitative estimate of drug-likeness (QED) is 0.345. The maximum atomic E-state index is 6.25. The SMILES string of the molecule is C=C[Si]1(C)O[Si](C)(C=C)O[Si](C)(C=C)O[Si](C)(C=C)O1.CO[Si]1(OC)CCCS1.N#N.[2HH]. The second kappa shape index (κ2) is 12.7. The van der Waals surface area contributed by atoms with Gasteiger partial charge in [0.2, 0.25) is 0 Å². The van der Waals surface area contributed by atoms with E-state index in [-0.39, 0.29) is 1.43 Å². The van der Waals surface area contributed by atoms with Gasteiger partial charge in [0.1, 0.15) is 0 Å². The molecule has 2 aliphatic rings.